The molecule has 0 aliphatic heterocycles. The maximum Gasteiger partial charge on any atom is 0.283 e. The summed E-state index contributed by atoms with van der Waals surface area (Å²) in [6.07, 6.45) is 1.27. The summed E-state index contributed by atoms with van der Waals surface area (Å²) >= 11 is 0. The predicted molar refractivity (Wildman–Crippen MR) is 91.7 cm³/mol. The van der Waals surface area contributed by atoms with E-state index in [2.05, 4.69) is 15.3 Å². The number of ketones is 1. The summed E-state index contributed by atoms with van der Waals surface area (Å²) < 4.78 is 15.9. The molecule has 8 heteroatoms. The molecule has 4 rings (SSSR count). The van der Waals surface area contributed by atoms with Crippen LogP contribution in [0.15, 0.2) is 65.7 Å². The second-order valence-corrected chi connectivity index (χ2v) is 5.62. The smallest absolute Gasteiger partial charge is 0.283 e. The zero-order valence-electron chi connectivity index (χ0n) is 13.4. The molecule has 2 aromatic carbocycles. The number of benzene rings is 2. The number of rotatable bonds is 4. The van der Waals surface area contributed by atoms with E-state index in [9.17, 15) is 14.0 Å². The van der Waals surface area contributed by atoms with Crippen LogP contribution in [-0.2, 0) is 6.54 Å². The van der Waals surface area contributed by atoms with E-state index in [-0.39, 0.29) is 23.5 Å². The van der Waals surface area contributed by atoms with Crippen molar-refractivity contribution in [3.05, 3.63) is 82.7 Å². The molecule has 0 aliphatic carbocycles. The lowest BCUT2D eigenvalue weighted by Gasteiger charge is -2.05. The van der Waals surface area contributed by atoms with E-state index in [1.54, 1.807) is 36.4 Å². The quantitative estimate of drug-likeness (QED) is 0.526. The van der Waals surface area contributed by atoms with Crippen molar-refractivity contribution < 1.29 is 9.18 Å². The van der Waals surface area contributed by atoms with Gasteiger partial charge >= 0.3 is 0 Å². The number of carbonyl (C=O) groups excluding carboxylic acids is 1. The number of halogens is 1. The van der Waals surface area contributed by atoms with Gasteiger partial charge in [-0.3, -0.25) is 14.2 Å². The van der Waals surface area contributed by atoms with Gasteiger partial charge in [0.1, 0.15) is 12.1 Å². The highest BCUT2D eigenvalue weighted by Crippen LogP contribution is 2.13. The lowest BCUT2D eigenvalue weighted by Crippen LogP contribution is -2.25. The molecule has 0 saturated carbocycles. The third kappa shape index (κ3) is 2.77. The molecule has 4 aromatic rings. The minimum atomic E-state index is -0.484. The summed E-state index contributed by atoms with van der Waals surface area (Å²) in [5, 5.41) is 7.73. The molecule has 0 unspecified atom stereocenters. The van der Waals surface area contributed by atoms with Crippen LogP contribution < -0.4 is 5.56 Å². The predicted octanol–water partition coefficient (Wildman–Crippen LogP) is 2.00. The fourth-order valence-electron chi connectivity index (χ4n) is 2.61. The van der Waals surface area contributed by atoms with Crippen LogP contribution in [-0.4, -0.2) is 30.3 Å². The molecule has 26 heavy (non-hydrogen) atoms. The Hall–Kier alpha value is -3.68. The third-order valence-electron chi connectivity index (χ3n) is 3.89. The molecule has 0 bridgehead atoms. The van der Waals surface area contributed by atoms with Crippen molar-refractivity contribution in [1.82, 2.24) is 24.5 Å². The minimum Gasteiger partial charge on any atom is -0.292 e. The van der Waals surface area contributed by atoms with Crippen molar-refractivity contribution in [3.8, 4) is 5.69 Å². The van der Waals surface area contributed by atoms with Gasteiger partial charge in [-0.05, 0) is 18.2 Å². The summed E-state index contributed by atoms with van der Waals surface area (Å²) in [4.78, 5) is 29.1. The second kappa shape index (κ2) is 6.32. The van der Waals surface area contributed by atoms with Crippen LogP contribution in [0.2, 0.25) is 0 Å². The highest BCUT2D eigenvalue weighted by Gasteiger charge is 2.15. The maximum absolute atomic E-state index is 13.4. The highest BCUT2D eigenvalue weighted by atomic mass is 19.1. The molecule has 0 fully saturated rings. The van der Waals surface area contributed by atoms with Gasteiger partial charge in [0.05, 0.1) is 12.2 Å². The normalized spacial score (nSPS) is 11.0. The fourth-order valence-corrected chi connectivity index (χ4v) is 2.61. The average Bonchev–Trinajstić information content (AvgIpc) is 3.09. The molecule has 0 amide bonds. The fraction of sp³-hybridized carbons (Fsp3) is 0.0556. The van der Waals surface area contributed by atoms with Gasteiger partial charge in [0, 0.05) is 5.56 Å². The van der Waals surface area contributed by atoms with E-state index < -0.39 is 11.4 Å². The Morgan fingerprint density at radius 1 is 1.08 bits per heavy atom. The van der Waals surface area contributed by atoms with Gasteiger partial charge in [-0.2, -0.15) is 4.68 Å². The zero-order chi connectivity index (χ0) is 18.1. The SMILES string of the molecule is O=C(Cn1cnc2c(nnn2-c2cccc(F)c2)c1=O)c1ccccc1. The Morgan fingerprint density at radius 2 is 1.88 bits per heavy atom. The Labute approximate surface area is 146 Å². The van der Waals surface area contributed by atoms with Crippen molar-refractivity contribution in [1.29, 1.82) is 0 Å². The number of hydrogen-bond acceptors (Lipinski definition) is 5. The lowest BCUT2D eigenvalue weighted by atomic mass is 10.1. The molecule has 0 spiro atoms. The first-order valence-electron chi connectivity index (χ1n) is 7.78. The van der Waals surface area contributed by atoms with Crippen LogP contribution in [0.25, 0.3) is 16.9 Å². The van der Waals surface area contributed by atoms with E-state index in [0.717, 1.165) is 0 Å². The van der Waals surface area contributed by atoms with Crippen molar-refractivity contribution in [2.24, 2.45) is 0 Å². The van der Waals surface area contributed by atoms with Gasteiger partial charge in [0.15, 0.2) is 16.9 Å². The van der Waals surface area contributed by atoms with Crippen LogP contribution >= 0.6 is 0 Å². The molecule has 128 valence electrons. The van der Waals surface area contributed by atoms with Crippen molar-refractivity contribution >= 4 is 16.9 Å². The number of Topliss-reactive ketones (excluding diaryl/α,β-unsaturated/α-hetero) is 1. The van der Waals surface area contributed by atoms with Gasteiger partial charge in [-0.1, -0.05) is 41.6 Å². The van der Waals surface area contributed by atoms with Gasteiger partial charge < -0.3 is 0 Å². The molecule has 7 nitrogen and oxygen atoms in total. The molecular weight excluding hydrogens is 337 g/mol. The Kier molecular flexibility index (Phi) is 3.85. The van der Waals surface area contributed by atoms with Gasteiger partial charge in [0.25, 0.3) is 5.56 Å². The maximum atomic E-state index is 13.4. The number of nitrogens with zero attached hydrogens (tertiary/aromatic N) is 5. The van der Waals surface area contributed by atoms with E-state index >= 15 is 0 Å². The Balaban J connectivity index is 1.73. The average molecular weight is 349 g/mol. The minimum absolute atomic E-state index is 0.0117. The second-order valence-electron chi connectivity index (χ2n) is 5.62. The third-order valence-corrected chi connectivity index (χ3v) is 3.89. The van der Waals surface area contributed by atoms with Gasteiger partial charge in [-0.15, -0.1) is 5.10 Å². The van der Waals surface area contributed by atoms with Crippen LogP contribution in [0.5, 0.6) is 0 Å². The molecular formula is C18H12FN5O2. The Morgan fingerprint density at radius 3 is 2.65 bits per heavy atom. The molecule has 0 atom stereocenters. The first-order valence-corrected chi connectivity index (χ1v) is 7.78. The van der Waals surface area contributed by atoms with Crippen molar-refractivity contribution in [2.45, 2.75) is 6.54 Å². The molecule has 2 heterocycles. The molecule has 0 aliphatic rings. The van der Waals surface area contributed by atoms with Crippen molar-refractivity contribution in [3.63, 3.8) is 0 Å². The lowest BCUT2D eigenvalue weighted by molar-refractivity contribution is 0.0970. The monoisotopic (exact) mass is 349 g/mol. The van der Waals surface area contributed by atoms with Crippen LogP contribution in [0.4, 0.5) is 4.39 Å². The van der Waals surface area contributed by atoms with Crippen molar-refractivity contribution in [2.75, 3.05) is 0 Å². The summed E-state index contributed by atoms with van der Waals surface area (Å²) in [6.45, 7) is -0.154. The van der Waals surface area contributed by atoms with Crippen LogP contribution in [0.1, 0.15) is 10.4 Å². The largest absolute Gasteiger partial charge is 0.292 e. The van der Waals surface area contributed by atoms with Gasteiger partial charge in [-0.25, -0.2) is 9.37 Å². The summed E-state index contributed by atoms with van der Waals surface area (Å²) in [7, 11) is 0. The van der Waals surface area contributed by atoms with E-state index in [0.29, 0.717) is 11.3 Å². The van der Waals surface area contributed by atoms with E-state index in [1.807, 2.05) is 0 Å². The van der Waals surface area contributed by atoms with E-state index in [1.165, 1.54) is 33.8 Å². The van der Waals surface area contributed by atoms with Crippen LogP contribution in [0, 0.1) is 5.82 Å². The van der Waals surface area contributed by atoms with E-state index in [4.69, 9.17) is 0 Å². The molecule has 0 radical (unpaired) electrons. The molecule has 0 saturated heterocycles. The highest BCUT2D eigenvalue weighted by molar-refractivity contribution is 5.95. The summed E-state index contributed by atoms with van der Waals surface area (Å²) in [5.74, 6) is -0.653. The van der Waals surface area contributed by atoms with Gasteiger partial charge in [0.2, 0.25) is 0 Å². The topological polar surface area (TPSA) is 82.7 Å². The first-order chi connectivity index (χ1) is 12.6. The number of aromatic nitrogens is 5. The molecule has 2 aromatic heterocycles. The Bertz CT molecular complexity index is 1170. The zero-order valence-corrected chi connectivity index (χ0v) is 13.4. The summed E-state index contributed by atoms with van der Waals surface area (Å²) in [5.41, 5.74) is 0.629. The number of hydrogen-bond donors (Lipinski definition) is 0. The summed E-state index contributed by atoms with van der Waals surface area (Å²) in [6, 6.07) is 14.4. The number of fused-ring (bicyclic) bond motifs is 1. The number of carbonyl (C=O) groups is 1. The molecule has 0 N–H and O–H groups in total. The first kappa shape index (κ1) is 15.8. The standard InChI is InChI=1S/C18H12FN5O2/c19-13-7-4-8-14(9-13)24-17-16(21-22-24)18(26)23(11-20-17)10-15(25)12-5-2-1-3-6-12/h1-9,11H,10H2. The van der Waals surface area contributed by atoms with Crippen LogP contribution in [0.3, 0.4) is 0 Å².